The van der Waals surface area contributed by atoms with Crippen molar-refractivity contribution >= 4 is 23.9 Å². The molecule has 10 rings (SSSR count). The van der Waals surface area contributed by atoms with Crippen LogP contribution < -0.4 is 10.6 Å². The van der Waals surface area contributed by atoms with Crippen molar-refractivity contribution in [2.75, 3.05) is 19.7 Å². The molecule has 298 valence electrons. The summed E-state index contributed by atoms with van der Waals surface area (Å²) in [6.07, 6.45) is 10.0. The maximum Gasteiger partial charge on any atom is 0.327 e. The number of nitrogens with zero attached hydrogens (tertiary/aromatic N) is 1. The van der Waals surface area contributed by atoms with Gasteiger partial charge in [0.05, 0.1) is 24.9 Å². The standard InChI is InChI=1S/C43H57N3O9/c1-40(2)21-29-25(8-13-32-41(3,52-32)16-14-30(29)40)20-24-6-4-5-7-26(24)23-46-36-38(49)51-31-22-42(36,39(50)45-17-15-33(48)44-18-19-47)37(55-46)35-34(31)53-43(54-35,27-9-10-27)28-11-12-28/h4-7,20,27-32,34-37,47H,8-19,21-23H2,1-3H3,(H,44,48)(H,45,50)/t29-,30-,31-,32?,34+,35+,36+,37-,41-,42+/m1/s1. The molecule has 0 spiro atoms. The first-order valence-electron chi connectivity index (χ1n) is 21.1. The van der Waals surface area contributed by atoms with E-state index < -0.39 is 47.6 Å². The molecule has 2 amide bonds. The predicted octanol–water partition coefficient (Wildman–Crippen LogP) is 4.18. The Morgan fingerprint density at radius 2 is 1.71 bits per heavy atom. The Labute approximate surface area is 323 Å². The van der Waals surface area contributed by atoms with Gasteiger partial charge in [0, 0.05) is 37.8 Å². The predicted molar refractivity (Wildman–Crippen MR) is 198 cm³/mol. The minimum absolute atomic E-state index is 0.0136. The van der Waals surface area contributed by atoms with Gasteiger partial charge in [-0.1, -0.05) is 49.8 Å². The zero-order valence-corrected chi connectivity index (χ0v) is 32.4. The average molecular weight is 760 g/mol. The number of rotatable bonds is 11. The molecule has 4 saturated heterocycles. The van der Waals surface area contributed by atoms with Gasteiger partial charge in [-0.25, -0.2) is 0 Å². The van der Waals surface area contributed by atoms with Crippen LogP contribution in [0.2, 0.25) is 0 Å². The lowest BCUT2D eigenvalue weighted by molar-refractivity contribution is -0.235. The van der Waals surface area contributed by atoms with Crippen LogP contribution in [0.25, 0.3) is 6.08 Å². The van der Waals surface area contributed by atoms with E-state index in [1.807, 2.05) is 6.07 Å². The first-order valence-corrected chi connectivity index (χ1v) is 21.1. The molecular formula is C43H57N3O9. The number of allylic oxidation sites excluding steroid dienone is 1. The molecule has 1 aromatic carbocycles. The Morgan fingerprint density at radius 3 is 2.45 bits per heavy atom. The summed E-state index contributed by atoms with van der Waals surface area (Å²) in [7, 11) is 0. The summed E-state index contributed by atoms with van der Waals surface area (Å²) in [6.45, 7) is 7.43. The number of hydrogen-bond donors (Lipinski definition) is 3. The molecule has 3 N–H and O–H groups in total. The molecular weight excluding hydrogens is 702 g/mol. The lowest BCUT2D eigenvalue weighted by atomic mass is 9.52. The van der Waals surface area contributed by atoms with Crippen LogP contribution in [-0.2, 0) is 44.7 Å². The van der Waals surface area contributed by atoms with Crippen molar-refractivity contribution in [2.45, 2.75) is 146 Å². The number of carbonyl (C=O) groups excluding carboxylic acids is 3. The largest absolute Gasteiger partial charge is 0.458 e. The number of carbonyl (C=O) groups is 3. The van der Waals surface area contributed by atoms with Gasteiger partial charge in [0.15, 0.2) is 11.8 Å². The summed E-state index contributed by atoms with van der Waals surface area (Å²) in [6, 6.07) is 7.32. The first-order chi connectivity index (χ1) is 26.5. The number of fused-ring (bicyclic) bond motifs is 6. The van der Waals surface area contributed by atoms with Gasteiger partial charge in [-0.15, -0.1) is 0 Å². The number of ether oxygens (including phenoxy) is 4. The summed E-state index contributed by atoms with van der Waals surface area (Å²) in [5, 5.41) is 16.5. The maximum atomic E-state index is 14.7. The molecule has 55 heavy (non-hydrogen) atoms. The van der Waals surface area contributed by atoms with E-state index in [4.69, 9.17) is 28.9 Å². The number of nitrogens with one attached hydrogen (secondary N) is 2. The number of hydrogen-bond acceptors (Lipinski definition) is 10. The van der Waals surface area contributed by atoms with E-state index in [0.717, 1.165) is 56.1 Å². The van der Waals surface area contributed by atoms with Crippen molar-refractivity contribution in [3.05, 3.63) is 41.0 Å². The van der Waals surface area contributed by atoms with Gasteiger partial charge in [0.1, 0.15) is 29.8 Å². The summed E-state index contributed by atoms with van der Waals surface area (Å²) in [5.74, 6) is -0.123. The van der Waals surface area contributed by atoms with E-state index in [1.54, 1.807) is 5.06 Å². The Balaban J connectivity index is 0.964. The monoisotopic (exact) mass is 759 g/mol. The Bertz CT molecular complexity index is 1760. The van der Waals surface area contributed by atoms with Gasteiger partial charge in [0.25, 0.3) is 0 Å². The van der Waals surface area contributed by atoms with Gasteiger partial charge >= 0.3 is 5.97 Å². The number of aliphatic hydroxyl groups excluding tert-OH is 1. The fourth-order valence-corrected chi connectivity index (χ4v) is 11.8. The summed E-state index contributed by atoms with van der Waals surface area (Å²) in [5.41, 5.74) is 2.58. The van der Waals surface area contributed by atoms with Crippen LogP contribution in [0.3, 0.4) is 0 Å². The van der Waals surface area contributed by atoms with Gasteiger partial charge in [-0.3, -0.25) is 19.2 Å². The van der Waals surface area contributed by atoms with Crippen molar-refractivity contribution in [2.24, 2.45) is 34.5 Å². The highest BCUT2D eigenvalue weighted by molar-refractivity contribution is 5.94. The first kappa shape index (κ1) is 36.5. The molecule has 12 nitrogen and oxygen atoms in total. The van der Waals surface area contributed by atoms with Crippen molar-refractivity contribution in [1.29, 1.82) is 0 Å². The molecule has 9 fully saturated rings. The fraction of sp³-hybridized carbons (Fsp3) is 0.744. The van der Waals surface area contributed by atoms with Crippen LogP contribution in [0.4, 0.5) is 0 Å². The second kappa shape index (κ2) is 13.1. The van der Waals surface area contributed by atoms with Crippen molar-refractivity contribution in [3.63, 3.8) is 0 Å². The third-order valence-electron chi connectivity index (χ3n) is 15.1. The van der Waals surface area contributed by atoms with Gasteiger partial charge in [0.2, 0.25) is 11.8 Å². The molecule has 10 atom stereocenters. The zero-order chi connectivity index (χ0) is 37.9. The molecule has 1 aromatic rings. The van der Waals surface area contributed by atoms with Crippen molar-refractivity contribution < 1.29 is 43.3 Å². The van der Waals surface area contributed by atoms with Crippen LogP contribution in [-0.4, -0.2) is 95.6 Å². The van der Waals surface area contributed by atoms with E-state index in [2.05, 4.69) is 55.7 Å². The molecule has 0 radical (unpaired) electrons. The van der Waals surface area contributed by atoms with Crippen LogP contribution in [0.5, 0.6) is 0 Å². The number of amides is 2. The highest BCUT2D eigenvalue weighted by atomic mass is 16.8. The third-order valence-corrected chi connectivity index (χ3v) is 15.1. The molecule has 4 heterocycles. The number of hydroxylamine groups is 2. The maximum absolute atomic E-state index is 14.7. The van der Waals surface area contributed by atoms with Crippen LogP contribution in [0, 0.1) is 34.5 Å². The topological polar surface area (TPSA) is 148 Å². The van der Waals surface area contributed by atoms with E-state index in [9.17, 15) is 14.4 Å². The van der Waals surface area contributed by atoms with Gasteiger partial charge < -0.3 is 34.7 Å². The van der Waals surface area contributed by atoms with Crippen LogP contribution in [0.1, 0.15) is 103 Å². The number of esters is 1. The Hall–Kier alpha value is -2.87. The van der Waals surface area contributed by atoms with E-state index in [1.165, 1.54) is 18.4 Å². The SMILES string of the molecule is CC1(C)C[C@@H]2C(=Cc3ccccc3CN3O[C@@H]4[C@H]5OC(C6CC6)(C6CC6)O[C@H]5[C@H]5C[C@]4(C(=O)NCCC(=O)NCCO)[C@@H]3C(=O)O5)CCC3O[C@]3(C)CC[C@H]21. The van der Waals surface area contributed by atoms with Crippen LogP contribution >= 0.6 is 0 Å². The number of aliphatic hydroxyl groups is 1. The average Bonchev–Trinajstić information content (AvgIpc) is 4.10. The highest BCUT2D eigenvalue weighted by Crippen LogP contribution is 2.64. The second-order valence-corrected chi connectivity index (χ2v) is 19.1. The normalized spacial score (nSPS) is 41.4. The lowest BCUT2D eigenvalue weighted by Crippen LogP contribution is -2.69. The molecule has 4 aliphatic heterocycles. The number of epoxide rings is 1. The second-order valence-electron chi connectivity index (χ2n) is 19.1. The molecule has 5 saturated carbocycles. The molecule has 12 heteroatoms. The van der Waals surface area contributed by atoms with E-state index >= 15 is 0 Å². The minimum atomic E-state index is -1.30. The van der Waals surface area contributed by atoms with Gasteiger partial charge in [-0.2, -0.15) is 5.06 Å². The molecule has 1 unspecified atom stereocenters. The quantitative estimate of drug-likeness (QED) is 0.222. The summed E-state index contributed by atoms with van der Waals surface area (Å²) >= 11 is 0. The third kappa shape index (κ3) is 5.94. The molecule has 0 aromatic heterocycles. The molecule has 5 aliphatic carbocycles. The highest BCUT2D eigenvalue weighted by Gasteiger charge is 2.78. The van der Waals surface area contributed by atoms with E-state index in [-0.39, 0.29) is 68.3 Å². The fourth-order valence-electron chi connectivity index (χ4n) is 11.8. The van der Waals surface area contributed by atoms with Gasteiger partial charge in [-0.05, 0) is 93.1 Å². The Morgan fingerprint density at radius 1 is 0.945 bits per heavy atom. The Kier molecular flexibility index (Phi) is 8.67. The van der Waals surface area contributed by atoms with E-state index in [0.29, 0.717) is 23.4 Å². The summed E-state index contributed by atoms with van der Waals surface area (Å²) < 4.78 is 26.4. The lowest BCUT2D eigenvalue weighted by Gasteiger charge is -2.53. The minimum Gasteiger partial charge on any atom is -0.458 e. The van der Waals surface area contributed by atoms with Crippen molar-refractivity contribution in [1.82, 2.24) is 15.7 Å². The zero-order valence-electron chi connectivity index (χ0n) is 32.4. The van der Waals surface area contributed by atoms with Crippen molar-refractivity contribution in [3.8, 4) is 0 Å². The molecule has 2 bridgehead atoms. The summed E-state index contributed by atoms with van der Waals surface area (Å²) in [4.78, 5) is 48.3. The smallest absolute Gasteiger partial charge is 0.327 e. The number of benzene rings is 1. The molecule has 9 aliphatic rings. The van der Waals surface area contributed by atoms with Crippen LogP contribution in [0.15, 0.2) is 29.8 Å².